The fourth-order valence-electron chi connectivity index (χ4n) is 2.27. The van der Waals surface area contributed by atoms with Gasteiger partial charge in [-0.15, -0.1) is 0 Å². The van der Waals surface area contributed by atoms with Gasteiger partial charge in [0.15, 0.2) is 0 Å². The molecule has 0 bridgehead atoms. The topological polar surface area (TPSA) is 0 Å². The summed E-state index contributed by atoms with van der Waals surface area (Å²) in [7, 11) is 0. The summed E-state index contributed by atoms with van der Waals surface area (Å²) in [6, 6.07) is 0. The summed E-state index contributed by atoms with van der Waals surface area (Å²) in [5.41, 5.74) is 0.670. The Hall–Kier alpha value is 0.480. The first-order chi connectivity index (χ1) is 5.66. The Morgan fingerprint density at radius 3 is 2.67 bits per heavy atom. The van der Waals surface area contributed by atoms with Gasteiger partial charge in [-0.2, -0.15) is 0 Å². The Morgan fingerprint density at radius 1 is 1.42 bits per heavy atom. The molecular weight excluding hydrogens is 212 g/mol. The quantitative estimate of drug-likeness (QED) is 0.494. The van der Waals surface area contributed by atoms with Crippen LogP contribution in [0.4, 0.5) is 0 Å². The van der Waals surface area contributed by atoms with E-state index in [4.69, 9.17) is 0 Å². The highest BCUT2D eigenvalue weighted by molar-refractivity contribution is 9.09. The summed E-state index contributed by atoms with van der Waals surface area (Å²) < 4.78 is 0. The monoisotopic (exact) mass is 232 g/mol. The van der Waals surface area contributed by atoms with Gasteiger partial charge in [0.1, 0.15) is 0 Å². The van der Waals surface area contributed by atoms with Crippen LogP contribution in [0.15, 0.2) is 0 Å². The Kier molecular flexibility index (Phi) is 4.09. The molecule has 1 saturated carbocycles. The minimum absolute atomic E-state index is 0.670. The highest BCUT2D eigenvalue weighted by atomic mass is 79.9. The predicted molar refractivity (Wildman–Crippen MR) is 58.8 cm³/mol. The molecule has 0 spiro atoms. The second-order valence-electron chi connectivity index (χ2n) is 4.61. The van der Waals surface area contributed by atoms with Gasteiger partial charge in [0, 0.05) is 4.83 Å². The molecule has 1 aliphatic carbocycles. The Morgan fingerprint density at radius 2 is 2.17 bits per heavy atom. The smallest absolute Gasteiger partial charge is 0.0151 e. The predicted octanol–water partition coefficient (Wildman–Crippen LogP) is 4.52. The van der Waals surface area contributed by atoms with Crippen molar-refractivity contribution in [3.8, 4) is 0 Å². The second kappa shape index (κ2) is 4.64. The summed E-state index contributed by atoms with van der Waals surface area (Å²) >= 11 is 3.72. The van der Waals surface area contributed by atoms with Gasteiger partial charge in [-0.05, 0) is 31.1 Å². The standard InChI is InChI=1S/C11H21Br/c1-3-4-5-7-11(2)8-6-10(12)9-11/h10H,3-9H2,1-2H3. The molecule has 1 fully saturated rings. The summed E-state index contributed by atoms with van der Waals surface area (Å²) in [4.78, 5) is 0.809. The van der Waals surface area contributed by atoms with Crippen LogP contribution in [0.1, 0.15) is 58.8 Å². The van der Waals surface area contributed by atoms with E-state index in [9.17, 15) is 0 Å². The van der Waals surface area contributed by atoms with Crippen LogP contribution in [0.2, 0.25) is 0 Å². The maximum Gasteiger partial charge on any atom is 0.0151 e. The zero-order valence-corrected chi connectivity index (χ0v) is 9.99. The van der Waals surface area contributed by atoms with Crippen molar-refractivity contribution < 1.29 is 0 Å². The molecule has 0 aliphatic heterocycles. The molecule has 1 rings (SSSR count). The molecule has 72 valence electrons. The third-order valence-electron chi connectivity index (χ3n) is 3.16. The molecule has 2 atom stereocenters. The van der Waals surface area contributed by atoms with E-state index in [1.54, 1.807) is 0 Å². The number of hydrogen-bond acceptors (Lipinski definition) is 0. The Balaban J connectivity index is 2.21. The number of alkyl halides is 1. The van der Waals surface area contributed by atoms with Gasteiger partial charge in [-0.25, -0.2) is 0 Å². The molecule has 1 heteroatoms. The highest BCUT2D eigenvalue weighted by Gasteiger charge is 2.32. The zero-order valence-electron chi connectivity index (χ0n) is 8.41. The van der Waals surface area contributed by atoms with E-state index in [0.29, 0.717) is 5.41 Å². The summed E-state index contributed by atoms with van der Waals surface area (Å²) in [5.74, 6) is 0. The van der Waals surface area contributed by atoms with E-state index >= 15 is 0 Å². The maximum absolute atomic E-state index is 3.72. The molecule has 0 heterocycles. The third-order valence-corrected chi connectivity index (χ3v) is 3.94. The lowest BCUT2D eigenvalue weighted by molar-refractivity contribution is 0.297. The Labute approximate surface area is 85.3 Å². The van der Waals surface area contributed by atoms with Crippen LogP contribution in [-0.2, 0) is 0 Å². The molecule has 2 unspecified atom stereocenters. The van der Waals surface area contributed by atoms with Crippen LogP contribution >= 0.6 is 15.9 Å². The molecule has 0 saturated heterocycles. The zero-order chi connectivity index (χ0) is 9.03. The summed E-state index contributed by atoms with van der Waals surface area (Å²) in [6.45, 7) is 4.74. The molecular formula is C11H21Br. The van der Waals surface area contributed by atoms with Gasteiger partial charge >= 0.3 is 0 Å². The van der Waals surface area contributed by atoms with Gasteiger partial charge < -0.3 is 0 Å². The van der Waals surface area contributed by atoms with E-state index in [-0.39, 0.29) is 0 Å². The summed E-state index contributed by atoms with van der Waals surface area (Å²) in [6.07, 6.45) is 9.89. The largest absolute Gasteiger partial charge is 0.0890 e. The average molecular weight is 233 g/mol. The van der Waals surface area contributed by atoms with Crippen molar-refractivity contribution in [2.75, 3.05) is 0 Å². The van der Waals surface area contributed by atoms with Gasteiger partial charge in [0.2, 0.25) is 0 Å². The molecule has 1 aliphatic rings. The number of hydrogen-bond donors (Lipinski definition) is 0. The van der Waals surface area contributed by atoms with Crippen molar-refractivity contribution in [2.24, 2.45) is 5.41 Å². The maximum atomic E-state index is 3.72. The van der Waals surface area contributed by atoms with Crippen LogP contribution in [0, 0.1) is 5.41 Å². The van der Waals surface area contributed by atoms with Gasteiger partial charge in [-0.1, -0.05) is 49.0 Å². The van der Waals surface area contributed by atoms with E-state index in [1.807, 2.05) is 0 Å². The van der Waals surface area contributed by atoms with Crippen LogP contribution in [0.25, 0.3) is 0 Å². The van der Waals surface area contributed by atoms with Crippen molar-refractivity contribution in [2.45, 2.75) is 63.6 Å². The molecule has 0 N–H and O–H groups in total. The lowest BCUT2D eigenvalue weighted by Gasteiger charge is -2.23. The van der Waals surface area contributed by atoms with Gasteiger partial charge in [0.05, 0.1) is 0 Å². The van der Waals surface area contributed by atoms with Crippen molar-refractivity contribution in [3.63, 3.8) is 0 Å². The minimum atomic E-state index is 0.670. The van der Waals surface area contributed by atoms with Gasteiger partial charge in [0.25, 0.3) is 0 Å². The van der Waals surface area contributed by atoms with Crippen molar-refractivity contribution in [1.82, 2.24) is 0 Å². The Bertz CT molecular complexity index is 133. The van der Waals surface area contributed by atoms with Crippen molar-refractivity contribution in [3.05, 3.63) is 0 Å². The van der Waals surface area contributed by atoms with E-state index in [0.717, 1.165) is 4.83 Å². The molecule has 0 aromatic carbocycles. The fraction of sp³-hybridized carbons (Fsp3) is 1.00. The number of halogens is 1. The first kappa shape index (κ1) is 10.6. The third kappa shape index (κ3) is 3.08. The number of unbranched alkanes of at least 4 members (excludes halogenated alkanes) is 2. The average Bonchev–Trinajstić information content (AvgIpc) is 2.32. The molecule has 0 aromatic heterocycles. The molecule has 0 aromatic rings. The molecule has 0 radical (unpaired) electrons. The first-order valence-corrected chi connectivity index (χ1v) is 6.22. The van der Waals surface area contributed by atoms with Crippen molar-refractivity contribution >= 4 is 15.9 Å². The first-order valence-electron chi connectivity index (χ1n) is 5.30. The minimum Gasteiger partial charge on any atom is -0.0890 e. The van der Waals surface area contributed by atoms with Crippen LogP contribution in [-0.4, -0.2) is 4.83 Å². The highest BCUT2D eigenvalue weighted by Crippen LogP contribution is 2.44. The van der Waals surface area contributed by atoms with Crippen LogP contribution in [0.5, 0.6) is 0 Å². The van der Waals surface area contributed by atoms with E-state index in [2.05, 4.69) is 29.8 Å². The van der Waals surface area contributed by atoms with E-state index < -0.39 is 0 Å². The number of rotatable bonds is 4. The second-order valence-corrected chi connectivity index (χ2v) is 5.90. The summed E-state index contributed by atoms with van der Waals surface area (Å²) in [5, 5.41) is 0. The van der Waals surface area contributed by atoms with Crippen LogP contribution in [0.3, 0.4) is 0 Å². The van der Waals surface area contributed by atoms with Crippen molar-refractivity contribution in [1.29, 1.82) is 0 Å². The van der Waals surface area contributed by atoms with Crippen LogP contribution < -0.4 is 0 Å². The molecule has 0 nitrogen and oxygen atoms in total. The SMILES string of the molecule is CCCCCC1(C)CCC(Br)C1. The van der Waals surface area contributed by atoms with E-state index in [1.165, 1.54) is 44.9 Å². The lowest BCUT2D eigenvalue weighted by Crippen LogP contribution is -2.11. The normalized spacial score (nSPS) is 35.8. The fourth-order valence-corrected chi connectivity index (χ4v) is 3.28. The molecule has 12 heavy (non-hydrogen) atoms. The molecule has 0 amide bonds. The van der Waals surface area contributed by atoms with Gasteiger partial charge in [-0.3, -0.25) is 0 Å². The lowest BCUT2D eigenvalue weighted by atomic mass is 9.83.